The van der Waals surface area contributed by atoms with Crippen molar-refractivity contribution in [2.24, 2.45) is 17.8 Å². The first-order valence-electron chi connectivity index (χ1n) is 21.8. The first-order valence-corrected chi connectivity index (χ1v) is 22.9. The van der Waals surface area contributed by atoms with Gasteiger partial charge in [-0.3, -0.25) is 4.79 Å². The summed E-state index contributed by atoms with van der Waals surface area (Å²) in [4.78, 5) is 14.3. The van der Waals surface area contributed by atoms with Gasteiger partial charge in [0.25, 0.3) is 0 Å². The highest BCUT2D eigenvalue weighted by Crippen LogP contribution is 2.47. The molecule has 0 amide bonds. The van der Waals surface area contributed by atoms with Gasteiger partial charge in [0.15, 0.2) is 18.4 Å². The lowest BCUT2D eigenvalue weighted by atomic mass is 9.71. The van der Waals surface area contributed by atoms with Gasteiger partial charge in [0.2, 0.25) is 0 Å². The zero-order valence-corrected chi connectivity index (χ0v) is 37.4. The fourth-order valence-electron chi connectivity index (χ4n) is 9.95. The average Bonchev–Trinajstić information content (AvgIpc) is 3.55. The molecule has 5 fully saturated rings. The topological polar surface area (TPSA) is 170 Å². The number of fused-ring (bicyclic) bond motifs is 2. The molecule has 7 rings (SSSR count). The molecule has 1 spiro atoms. The largest absolute Gasteiger partial charge is 0.462 e. The van der Waals surface area contributed by atoms with E-state index in [4.69, 9.17) is 47.4 Å². The van der Waals surface area contributed by atoms with Gasteiger partial charge in [-0.2, -0.15) is 11.8 Å². The molecule has 338 valence electrons. The second-order valence-corrected chi connectivity index (χ2v) is 19.3. The third-order valence-corrected chi connectivity index (χ3v) is 14.8. The lowest BCUT2D eigenvalue weighted by Gasteiger charge is -2.48. The third-order valence-electron chi connectivity index (χ3n) is 13.5. The van der Waals surface area contributed by atoms with Gasteiger partial charge >= 0.3 is 5.97 Å². The van der Waals surface area contributed by atoms with Crippen molar-refractivity contribution < 1.29 is 67.5 Å². The molecule has 7 aliphatic rings. The number of methoxy groups -OCH3 is 2. The van der Waals surface area contributed by atoms with E-state index in [-0.39, 0.29) is 36.8 Å². The second-order valence-electron chi connectivity index (χ2n) is 18.3. The standard InChI is InChI=1S/C45H68O14S/c1-23(2)35-21-60-22-44(59-35)19-31-16-30(58-44)14-13-25(4)40(24(3)11-10-12-29-20-52-42-38(46)26(5)15-32(43(48)55-31)45(29,42)49)56-37-18-34(51-9)41(28(7)54-37)57-36-17-33(50-8)39(47)27(6)53-36/h10-13,15,23-24,27-28,30-42,46-47,49H,14,16-22H2,1-9H3/b11-10+,25-13+,29-12+/t24-,27-,28-,30+,31-,32-,33-,34-,35-,36-,37-,38+,39-,40-,41-,42+,44-,45+/m0/s1. The molecule has 6 heterocycles. The third kappa shape index (κ3) is 9.55. The van der Waals surface area contributed by atoms with Crippen molar-refractivity contribution in [2.75, 3.05) is 32.3 Å². The Morgan fingerprint density at radius 2 is 1.63 bits per heavy atom. The monoisotopic (exact) mass is 864 g/mol. The van der Waals surface area contributed by atoms with Crippen LogP contribution < -0.4 is 0 Å². The molecule has 0 aromatic heterocycles. The molecular formula is C45H68O14S. The van der Waals surface area contributed by atoms with Crippen molar-refractivity contribution in [3.05, 3.63) is 47.1 Å². The molecule has 15 heteroatoms. The Kier molecular flexibility index (Phi) is 14.8. The molecule has 1 aliphatic carbocycles. The van der Waals surface area contributed by atoms with E-state index in [1.54, 1.807) is 52.0 Å². The molecular weight excluding hydrogens is 797 g/mol. The molecule has 18 atom stereocenters. The van der Waals surface area contributed by atoms with Crippen molar-refractivity contribution in [1.82, 2.24) is 0 Å². The highest BCUT2D eigenvalue weighted by molar-refractivity contribution is 7.99. The Hall–Kier alpha value is -1.70. The maximum atomic E-state index is 14.3. The van der Waals surface area contributed by atoms with Gasteiger partial charge in [0, 0.05) is 57.3 Å². The van der Waals surface area contributed by atoms with E-state index in [9.17, 15) is 20.1 Å². The van der Waals surface area contributed by atoms with Crippen LogP contribution in [0.3, 0.4) is 0 Å². The molecule has 60 heavy (non-hydrogen) atoms. The lowest BCUT2D eigenvalue weighted by Crippen LogP contribution is -2.58. The van der Waals surface area contributed by atoms with E-state index in [1.165, 1.54) is 0 Å². The summed E-state index contributed by atoms with van der Waals surface area (Å²) in [7, 11) is 3.22. The smallest absolute Gasteiger partial charge is 0.316 e. The summed E-state index contributed by atoms with van der Waals surface area (Å²) in [5, 5.41) is 34.1. The first-order chi connectivity index (χ1) is 28.5. The molecule has 0 aromatic carbocycles. The summed E-state index contributed by atoms with van der Waals surface area (Å²) in [6.45, 7) is 13.9. The van der Waals surface area contributed by atoms with Gasteiger partial charge in [-0.25, -0.2) is 0 Å². The van der Waals surface area contributed by atoms with E-state index in [0.717, 1.165) is 11.3 Å². The number of thioether (sulfide) groups is 1. The van der Waals surface area contributed by atoms with Crippen molar-refractivity contribution in [3.8, 4) is 0 Å². The van der Waals surface area contributed by atoms with Crippen LogP contribution in [-0.2, 0) is 52.2 Å². The summed E-state index contributed by atoms with van der Waals surface area (Å²) < 4.78 is 63.4. The number of aliphatic hydroxyl groups is 3. The quantitative estimate of drug-likeness (QED) is 0.241. The van der Waals surface area contributed by atoms with Crippen LogP contribution in [0, 0.1) is 17.8 Å². The fraction of sp³-hybridized carbons (Fsp3) is 0.800. The molecule has 14 nitrogen and oxygen atoms in total. The number of rotatable bonds is 7. The molecule has 2 bridgehead atoms. The summed E-state index contributed by atoms with van der Waals surface area (Å²) >= 11 is 1.79. The minimum absolute atomic E-state index is 0.0256. The number of carbonyl (C=O) groups excluding carboxylic acids is 1. The normalized spacial score (nSPS) is 49.0. The van der Waals surface area contributed by atoms with Crippen LogP contribution >= 0.6 is 11.8 Å². The van der Waals surface area contributed by atoms with Crippen molar-refractivity contribution in [3.63, 3.8) is 0 Å². The molecule has 0 aromatic rings. The van der Waals surface area contributed by atoms with Gasteiger partial charge in [0.05, 0.1) is 49.3 Å². The highest BCUT2D eigenvalue weighted by atomic mass is 32.2. The summed E-state index contributed by atoms with van der Waals surface area (Å²) in [5.74, 6) is -1.07. The van der Waals surface area contributed by atoms with Crippen LogP contribution in [0.5, 0.6) is 0 Å². The number of carbonyl (C=O) groups is 1. The van der Waals surface area contributed by atoms with Crippen LogP contribution in [0.25, 0.3) is 0 Å². The average molecular weight is 865 g/mol. The van der Waals surface area contributed by atoms with Crippen molar-refractivity contribution in [2.45, 2.75) is 178 Å². The number of ether oxygens (including phenoxy) is 10. The summed E-state index contributed by atoms with van der Waals surface area (Å²) in [6, 6.07) is 0. The maximum Gasteiger partial charge on any atom is 0.316 e. The number of allylic oxidation sites excluding steroid dienone is 2. The van der Waals surface area contributed by atoms with Gasteiger partial charge < -0.3 is 62.7 Å². The Morgan fingerprint density at radius 1 is 0.917 bits per heavy atom. The van der Waals surface area contributed by atoms with E-state index < -0.39 is 90.8 Å². The minimum atomic E-state index is -1.82. The summed E-state index contributed by atoms with van der Waals surface area (Å²) in [5.41, 5.74) is 0.176. The van der Waals surface area contributed by atoms with Gasteiger partial charge in [-0.1, -0.05) is 51.2 Å². The Labute approximate surface area is 359 Å². The molecule has 0 radical (unpaired) electrons. The predicted molar refractivity (Wildman–Crippen MR) is 222 cm³/mol. The van der Waals surface area contributed by atoms with Crippen LogP contribution in [-0.4, -0.2) is 151 Å². The van der Waals surface area contributed by atoms with Gasteiger partial charge in [-0.05, 0) is 56.8 Å². The second kappa shape index (κ2) is 19.2. The number of hydrogen-bond donors (Lipinski definition) is 3. The first kappa shape index (κ1) is 46.3. The van der Waals surface area contributed by atoms with Gasteiger partial charge in [0.1, 0.15) is 42.0 Å². The van der Waals surface area contributed by atoms with Gasteiger partial charge in [-0.15, -0.1) is 0 Å². The fourth-order valence-corrected chi connectivity index (χ4v) is 11.3. The lowest BCUT2D eigenvalue weighted by molar-refractivity contribution is -0.318. The van der Waals surface area contributed by atoms with E-state index in [0.29, 0.717) is 49.0 Å². The minimum Gasteiger partial charge on any atom is -0.462 e. The van der Waals surface area contributed by atoms with Crippen LogP contribution in [0.2, 0.25) is 0 Å². The number of hydrogen-bond acceptors (Lipinski definition) is 15. The van der Waals surface area contributed by atoms with Crippen molar-refractivity contribution in [1.29, 1.82) is 0 Å². The van der Waals surface area contributed by atoms with E-state index in [2.05, 4.69) is 26.8 Å². The highest BCUT2D eigenvalue weighted by Gasteiger charge is 2.60. The molecule has 0 saturated carbocycles. The summed E-state index contributed by atoms with van der Waals surface area (Å²) in [6.07, 6.45) is 3.87. The molecule has 5 saturated heterocycles. The van der Waals surface area contributed by atoms with Crippen molar-refractivity contribution >= 4 is 17.7 Å². The predicted octanol–water partition coefficient (Wildman–Crippen LogP) is 4.53. The maximum absolute atomic E-state index is 14.3. The Balaban J connectivity index is 1.17. The Bertz CT molecular complexity index is 1630. The van der Waals surface area contributed by atoms with Crippen LogP contribution in [0.15, 0.2) is 47.1 Å². The zero-order valence-electron chi connectivity index (χ0n) is 36.6. The molecule has 6 aliphatic heterocycles. The van der Waals surface area contributed by atoms with Crippen LogP contribution in [0.4, 0.5) is 0 Å². The Morgan fingerprint density at radius 3 is 2.37 bits per heavy atom. The molecule has 0 unspecified atom stereocenters. The van der Waals surface area contributed by atoms with Crippen LogP contribution in [0.1, 0.15) is 80.6 Å². The SMILES string of the molecule is CO[C@H]1C[C@H](O[C@H]2[C@H](C)O[C@@H](O[C@@H]3/C(C)=C/C[C@@H]4C[C@@H](C[C@]5(CSC[C@@H](C(C)C)O5)O4)OC(=O)[C@@H]4C=C(C)[C@@H](O)[C@H]5OC/C(=C\C=C\[C@@H]3C)[C@]54O)C[C@@H]2OC)O[C@@H](C)[C@@H]1O. The van der Waals surface area contributed by atoms with E-state index >= 15 is 0 Å². The number of aliphatic hydroxyl groups excluding tert-OH is 2. The van der Waals surface area contributed by atoms with E-state index in [1.807, 2.05) is 26.0 Å². The zero-order chi connectivity index (χ0) is 43.1. The number of esters is 1. The molecule has 3 N–H and O–H groups in total.